The number of hydrogen-bond donors (Lipinski definition) is 1. The van der Waals surface area contributed by atoms with E-state index in [0.717, 1.165) is 0 Å². The van der Waals surface area contributed by atoms with Crippen molar-refractivity contribution in [1.29, 1.82) is 0 Å². The maximum absolute atomic E-state index is 13.1. The van der Waals surface area contributed by atoms with Crippen molar-refractivity contribution in [2.24, 2.45) is 0 Å². The summed E-state index contributed by atoms with van der Waals surface area (Å²) in [6, 6.07) is 10.5. The first-order chi connectivity index (χ1) is 12.0. The van der Waals surface area contributed by atoms with E-state index in [2.05, 4.69) is 10.3 Å². The Bertz CT molecular complexity index is 997. The van der Waals surface area contributed by atoms with Gasteiger partial charge in [-0.05, 0) is 49.4 Å². The van der Waals surface area contributed by atoms with Crippen LogP contribution in [-0.4, -0.2) is 29.2 Å². The minimum atomic E-state index is -0.383. The number of aryl methyl sites for hydroxylation is 1. The average Bonchev–Trinajstić information content (AvgIpc) is 2.57. The number of halogens is 1. The predicted octanol–water partition coefficient (Wildman–Crippen LogP) is 2.42. The van der Waals surface area contributed by atoms with Gasteiger partial charge in [0.05, 0.1) is 16.6 Å². The maximum Gasteiger partial charge on any atom is 0.266 e. The molecule has 3 aromatic rings. The van der Waals surface area contributed by atoms with Gasteiger partial charge >= 0.3 is 0 Å². The average molecular weight is 341 g/mol. The van der Waals surface area contributed by atoms with Gasteiger partial charge in [0.25, 0.3) is 5.56 Å². The van der Waals surface area contributed by atoms with Crippen molar-refractivity contribution in [3.63, 3.8) is 0 Å². The second-order valence-electron chi connectivity index (χ2n) is 5.49. The molecule has 0 saturated carbocycles. The van der Waals surface area contributed by atoms with E-state index in [4.69, 9.17) is 4.74 Å². The van der Waals surface area contributed by atoms with Crippen molar-refractivity contribution < 1.29 is 13.9 Å². The fourth-order valence-corrected chi connectivity index (χ4v) is 2.60. The van der Waals surface area contributed by atoms with Crippen LogP contribution in [-0.2, 0) is 9.53 Å². The molecular weight excluding hydrogens is 325 g/mol. The molecule has 2 aromatic carbocycles. The Hall–Kier alpha value is -3.06. The highest BCUT2D eigenvalue weighted by Gasteiger charge is 2.11. The molecule has 0 atom stereocenters. The molecule has 0 aliphatic carbocycles. The number of benzene rings is 2. The maximum atomic E-state index is 13.1. The van der Waals surface area contributed by atoms with E-state index in [1.165, 1.54) is 35.9 Å². The molecule has 128 valence electrons. The summed E-state index contributed by atoms with van der Waals surface area (Å²) in [7, 11) is 1.42. The highest BCUT2D eigenvalue weighted by atomic mass is 19.1. The zero-order chi connectivity index (χ0) is 18.0. The van der Waals surface area contributed by atoms with Crippen LogP contribution >= 0.6 is 0 Å². The van der Waals surface area contributed by atoms with E-state index in [1.54, 1.807) is 25.1 Å². The zero-order valence-corrected chi connectivity index (χ0v) is 13.7. The molecule has 0 saturated heterocycles. The van der Waals surface area contributed by atoms with Gasteiger partial charge in [0.2, 0.25) is 5.91 Å². The highest BCUT2D eigenvalue weighted by Crippen LogP contribution is 2.17. The fourth-order valence-electron chi connectivity index (χ4n) is 2.60. The Balaban J connectivity index is 2.11. The highest BCUT2D eigenvalue weighted by molar-refractivity contribution is 5.94. The fraction of sp³-hybridized carbons (Fsp3) is 0.167. The number of nitrogens with one attached hydrogen (secondary N) is 1. The van der Waals surface area contributed by atoms with Crippen molar-refractivity contribution in [1.82, 2.24) is 9.55 Å². The first-order valence-corrected chi connectivity index (χ1v) is 7.58. The smallest absolute Gasteiger partial charge is 0.266 e. The first kappa shape index (κ1) is 16.8. The van der Waals surface area contributed by atoms with Crippen molar-refractivity contribution in [2.75, 3.05) is 19.0 Å². The number of fused-ring (bicyclic) bond motifs is 1. The molecular formula is C18H16FN3O3. The van der Waals surface area contributed by atoms with Crippen LogP contribution in [0.25, 0.3) is 16.6 Å². The lowest BCUT2D eigenvalue weighted by atomic mass is 10.2. The quantitative estimate of drug-likeness (QED) is 0.791. The number of carbonyl (C=O) groups excluding carboxylic acids is 1. The molecule has 0 aliphatic rings. The molecule has 1 heterocycles. The first-order valence-electron chi connectivity index (χ1n) is 7.58. The number of aromatic nitrogens is 2. The molecule has 6 nitrogen and oxygen atoms in total. The number of rotatable bonds is 4. The minimum Gasteiger partial charge on any atom is -0.375 e. The lowest BCUT2D eigenvalue weighted by molar-refractivity contribution is -0.119. The molecule has 0 fully saturated rings. The second kappa shape index (κ2) is 6.82. The number of amides is 1. The standard InChI is InChI=1S/C18H16FN3O3/c1-11-20-16-8-5-13(21-17(23)10-25-2)9-15(16)18(24)22(11)14-6-3-12(19)4-7-14/h3-9H,10H2,1-2H3,(H,21,23). The zero-order valence-electron chi connectivity index (χ0n) is 13.7. The van der Waals surface area contributed by atoms with Crippen molar-refractivity contribution in [3.8, 4) is 5.69 Å². The molecule has 1 N–H and O–H groups in total. The molecule has 1 aromatic heterocycles. The topological polar surface area (TPSA) is 73.2 Å². The molecule has 0 bridgehead atoms. The van der Waals surface area contributed by atoms with Crippen molar-refractivity contribution in [3.05, 3.63) is 64.5 Å². The number of carbonyl (C=O) groups is 1. The predicted molar refractivity (Wildman–Crippen MR) is 92.5 cm³/mol. The largest absolute Gasteiger partial charge is 0.375 e. The monoisotopic (exact) mass is 341 g/mol. The van der Waals surface area contributed by atoms with Crippen LogP contribution in [0, 0.1) is 12.7 Å². The Labute approximate surface area is 142 Å². The summed E-state index contributed by atoms with van der Waals surface area (Å²) in [6.07, 6.45) is 0. The van der Waals surface area contributed by atoms with Gasteiger partial charge in [0.15, 0.2) is 0 Å². The van der Waals surface area contributed by atoms with Gasteiger partial charge in [0.1, 0.15) is 18.2 Å². The van der Waals surface area contributed by atoms with Crippen LogP contribution in [0.3, 0.4) is 0 Å². The van der Waals surface area contributed by atoms with Crippen LogP contribution in [0.4, 0.5) is 10.1 Å². The van der Waals surface area contributed by atoms with E-state index >= 15 is 0 Å². The van der Waals surface area contributed by atoms with E-state index in [0.29, 0.717) is 28.1 Å². The van der Waals surface area contributed by atoms with Crippen molar-refractivity contribution in [2.45, 2.75) is 6.92 Å². The van der Waals surface area contributed by atoms with Gasteiger partial charge < -0.3 is 10.1 Å². The van der Waals surface area contributed by atoms with E-state index < -0.39 is 0 Å². The number of anilines is 1. The van der Waals surface area contributed by atoms with Gasteiger partial charge in [-0.1, -0.05) is 0 Å². The van der Waals surface area contributed by atoms with Crippen LogP contribution in [0.15, 0.2) is 47.3 Å². The lowest BCUT2D eigenvalue weighted by Gasteiger charge is -2.12. The Kier molecular flexibility index (Phi) is 4.58. The van der Waals surface area contributed by atoms with Gasteiger partial charge in [-0.3, -0.25) is 14.2 Å². The summed E-state index contributed by atoms with van der Waals surface area (Å²) in [4.78, 5) is 29.0. The molecule has 0 aliphatic heterocycles. The molecule has 1 amide bonds. The minimum absolute atomic E-state index is 0.0794. The molecule has 25 heavy (non-hydrogen) atoms. The third kappa shape index (κ3) is 3.41. The Morgan fingerprint density at radius 2 is 1.96 bits per heavy atom. The summed E-state index contributed by atoms with van der Waals surface area (Å²) in [5.41, 5.74) is 1.22. The van der Waals surface area contributed by atoms with Crippen LogP contribution < -0.4 is 10.9 Å². The number of ether oxygens (including phenoxy) is 1. The normalized spacial score (nSPS) is 10.8. The Morgan fingerprint density at radius 1 is 1.24 bits per heavy atom. The van der Waals surface area contributed by atoms with Crippen LogP contribution in [0.1, 0.15) is 5.82 Å². The van der Waals surface area contributed by atoms with Crippen LogP contribution in [0.5, 0.6) is 0 Å². The van der Waals surface area contributed by atoms with Gasteiger partial charge in [-0.25, -0.2) is 9.37 Å². The molecule has 7 heteroatoms. The van der Waals surface area contributed by atoms with Gasteiger partial charge in [-0.2, -0.15) is 0 Å². The van der Waals surface area contributed by atoms with E-state index in [9.17, 15) is 14.0 Å². The van der Waals surface area contributed by atoms with Gasteiger partial charge in [0, 0.05) is 12.8 Å². The van der Waals surface area contributed by atoms with Crippen LogP contribution in [0.2, 0.25) is 0 Å². The second-order valence-corrected chi connectivity index (χ2v) is 5.49. The van der Waals surface area contributed by atoms with Crippen molar-refractivity contribution >= 4 is 22.5 Å². The molecule has 0 unspecified atom stereocenters. The summed E-state index contributed by atoms with van der Waals surface area (Å²) in [5, 5.41) is 3.01. The lowest BCUT2D eigenvalue weighted by Crippen LogP contribution is -2.23. The third-order valence-corrected chi connectivity index (χ3v) is 3.68. The van der Waals surface area contributed by atoms with E-state index in [-0.39, 0.29) is 23.9 Å². The summed E-state index contributed by atoms with van der Waals surface area (Å²) < 4.78 is 19.3. The summed E-state index contributed by atoms with van der Waals surface area (Å²) in [6.45, 7) is 1.63. The summed E-state index contributed by atoms with van der Waals surface area (Å²) in [5.74, 6) is -0.215. The van der Waals surface area contributed by atoms with E-state index in [1.807, 2.05) is 0 Å². The number of hydrogen-bond acceptors (Lipinski definition) is 4. The Morgan fingerprint density at radius 3 is 2.64 bits per heavy atom. The van der Waals surface area contributed by atoms with Gasteiger partial charge in [-0.15, -0.1) is 0 Å². The summed E-state index contributed by atoms with van der Waals surface area (Å²) >= 11 is 0. The SMILES string of the molecule is COCC(=O)Nc1ccc2nc(C)n(-c3ccc(F)cc3)c(=O)c2c1. The number of nitrogens with zero attached hydrogens (tertiary/aromatic N) is 2. The molecule has 0 spiro atoms. The number of methoxy groups -OCH3 is 1. The molecule has 3 rings (SSSR count). The molecule has 0 radical (unpaired) electrons. The third-order valence-electron chi connectivity index (χ3n) is 3.68.